The minimum Gasteiger partial charge on any atom is -0.392 e. The standard InChI is InChI=1S/C11H13N3O/c15-7-5-10(12-6-7)11-13-8-3-1-2-4-9(8)14-11/h1-4,7,10,12,15H,5-6H2,(H,13,14)/t7-,10+/m0/s1. The maximum Gasteiger partial charge on any atom is 0.124 e. The maximum absolute atomic E-state index is 9.43. The van der Waals surface area contributed by atoms with Gasteiger partial charge < -0.3 is 15.4 Å². The molecule has 1 saturated heterocycles. The van der Waals surface area contributed by atoms with Gasteiger partial charge in [0.2, 0.25) is 0 Å². The van der Waals surface area contributed by atoms with Gasteiger partial charge in [0.25, 0.3) is 0 Å². The average Bonchev–Trinajstić information content (AvgIpc) is 2.82. The topological polar surface area (TPSA) is 60.9 Å². The van der Waals surface area contributed by atoms with Crippen LogP contribution in [0.3, 0.4) is 0 Å². The molecule has 1 aliphatic rings. The molecular weight excluding hydrogens is 190 g/mol. The van der Waals surface area contributed by atoms with Gasteiger partial charge in [-0.1, -0.05) is 12.1 Å². The highest BCUT2D eigenvalue weighted by Gasteiger charge is 2.25. The predicted molar refractivity (Wildman–Crippen MR) is 57.5 cm³/mol. The highest BCUT2D eigenvalue weighted by atomic mass is 16.3. The first-order valence-corrected chi connectivity index (χ1v) is 5.19. The van der Waals surface area contributed by atoms with Crippen molar-refractivity contribution in [1.82, 2.24) is 15.3 Å². The molecule has 0 unspecified atom stereocenters. The summed E-state index contributed by atoms with van der Waals surface area (Å²) in [5, 5.41) is 12.7. The number of hydrogen-bond acceptors (Lipinski definition) is 3. The third kappa shape index (κ3) is 1.52. The van der Waals surface area contributed by atoms with E-state index < -0.39 is 0 Å². The number of fused-ring (bicyclic) bond motifs is 1. The van der Waals surface area contributed by atoms with Gasteiger partial charge in [-0.2, -0.15) is 0 Å². The zero-order valence-electron chi connectivity index (χ0n) is 8.27. The molecule has 4 nitrogen and oxygen atoms in total. The third-order valence-electron chi connectivity index (χ3n) is 2.85. The van der Waals surface area contributed by atoms with Gasteiger partial charge >= 0.3 is 0 Å². The summed E-state index contributed by atoms with van der Waals surface area (Å²) in [6.07, 6.45) is 0.489. The maximum atomic E-state index is 9.43. The molecule has 3 N–H and O–H groups in total. The number of imidazole rings is 1. The zero-order valence-corrected chi connectivity index (χ0v) is 8.27. The second-order valence-electron chi connectivity index (χ2n) is 3.99. The first-order valence-electron chi connectivity index (χ1n) is 5.19. The largest absolute Gasteiger partial charge is 0.392 e. The Bertz CT molecular complexity index is 446. The fourth-order valence-corrected chi connectivity index (χ4v) is 2.06. The Morgan fingerprint density at radius 2 is 2.20 bits per heavy atom. The van der Waals surface area contributed by atoms with Crippen LogP contribution in [0.2, 0.25) is 0 Å². The van der Waals surface area contributed by atoms with E-state index in [9.17, 15) is 5.11 Å². The molecule has 2 atom stereocenters. The molecule has 3 rings (SSSR count). The summed E-state index contributed by atoms with van der Waals surface area (Å²) in [4.78, 5) is 7.77. The number of rotatable bonds is 1. The molecule has 1 fully saturated rings. The number of β-amino-alcohol motifs (C(OH)–C–C–N with tert-alkyl or cyclic N) is 1. The van der Waals surface area contributed by atoms with Crippen molar-refractivity contribution in [2.24, 2.45) is 0 Å². The molecule has 78 valence electrons. The molecule has 0 bridgehead atoms. The summed E-state index contributed by atoms with van der Waals surface area (Å²) in [5.74, 6) is 0.924. The summed E-state index contributed by atoms with van der Waals surface area (Å²) in [7, 11) is 0. The van der Waals surface area contributed by atoms with E-state index in [1.165, 1.54) is 0 Å². The van der Waals surface area contributed by atoms with Gasteiger partial charge in [0.05, 0.1) is 23.2 Å². The highest BCUT2D eigenvalue weighted by Crippen LogP contribution is 2.23. The lowest BCUT2D eigenvalue weighted by molar-refractivity contribution is 0.193. The van der Waals surface area contributed by atoms with Crippen LogP contribution in [0, 0.1) is 0 Å². The van der Waals surface area contributed by atoms with Crippen molar-refractivity contribution in [1.29, 1.82) is 0 Å². The van der Waals surface area contributed by atoms with E-state index in [4.69, 9.17) is 0 Å². The van der Waals surface area contributed by atoms with Crippen molar-refractivity contribution in [2.45, 2.75) is 18.6 Å². The Kier molecular flexibility index (Phi) is 1.97. The molecule has 0 amide bonds. The molecule has 0 aliphatic carbocycles. The Morgan fingerprint density at radius 1 is 1.33 bits per heavy atom. The van der Waals surface area contributed by atoms with Crippen LogP contribution in [-0.4, -0.2) is 27.7 Å². The van der Waals surface area contributed by atoms with E-state index in [1.54, 1.807) is 0 Å². The number of aromatic amines is 1. The van der Waals surface area contributed by atoms with Gasteiger partial charge in [0.15, 0.2) is 0 Å². The molecule has 0 radical (unpaired) electrons. The Labute approximate surface area is 87.3 Å². The summed E-state index contributed by atoms with van der Waals surface area (Å²) < 4.78 is 0. The van der Waals surface area contributed by atoms with Gasteiger partial charge in [-0.25, -0.2) is 4.98 Å². The van der Waals surface area contributed by atoms with Gasteiger partial charge in [0, 0.05) is 6.54 Å². The number of benzene rings is 1. The van der Waals surface area contributed by atoms with Gasteiger partial charge in [-0.15, -0.1) is 0 Å². The number of H-pyrrole nitrogens is 1. The minimum absolute atomic E-state index is 0.160. The lowest BCUT2D eigenvalue weighted by Crippen LogP contribution is -2.15. The van der Waals surface area contributed by atoms with Crippen molar-refractivity contribution >= 4 is 11.0 Å². The molecule has 0 spiro atoms. The van der Waals surface area contributed by atoms with Crippen molar-refractivity contribution in [3.63, 3.8) is 0 Å². The zero-order chi connectivity index (χ0) is 10.3. The van der Waals surface area contributed by atoms with Crippen LogP contribution in [0.15, 0.2) is 24.3 Å². The molecule has 4 heteroatoms. The van der Waals surface area contributed by atoms with Gasteiger partial charge in [-0.3, -0.25) is 0 Å². The van der Waals surface area contributed by atoms with E-state index in [-0.39, 0.29) is 12.1 Å². The first-order chi connectivity index (χ1) is 7.33. The van der Waals surface area contributed by atoms with Crippen LogP contribution in [0.5, 0.6) is 0 Å². The van der Waals surface area contributed by atoms with Crippen LogP contribution in [0.25, 0.3) is 11.0 Å². The van der Waals surface area contributed by atoms with Crippen molar-refractivity contribution in [3.8, 4) is 0 Å². The van der Waals surface area contributed by atoms with Gasteiger partial charge in [-0.05, 0) is 18.6 Å². The number of nitrogens with zero attached hydrogens (tertiary/aromatic N) is 1. The number of hydrogen-bond donors (Lipinski definition) is 3. The third-order valence-corrected chi connectivity index (χ3v) is 2.85. The van der Waals surface area contributed by atoms with Crippen LogP contribution in [0.1, 0.15) is 18.3 Å². The lowest BCUT2D eigenvalue weighted by atomic mass is 10.2. The monoisotopic (exact) mass is 203 g/mol. The molecule has 1 aromatic carbocycles. The Morgan fingerprint density at radius 3 is 2.93 bits per heavy atom. The van der Waals surface area contributed by atoms with Crippen LogP contribution < -0.4 is 5.32 Å². The molecular formula is C11H13N3O. The molecule has 1 aliphatic heterocycles. The normalized spacial score (nSPS) is 26.2. The summed E-state index contributed by atoms with van der Waals surface area (Å²) >= 11 is 0. The Balaban J connectivity index is 1.98. The number of aliphatic hydroxyl groups excluding tert-OH is 1. The number of nitrogens with one attached hydrogen (secondary N) is 2. The van der Waals surface area contributed by atoms with E-state index in [1.807, 2.05) is 24.3 Å². The van der Waals surface area contributed by atoms with Crippen LogP contribution >= 0.6 is 0 Å². The van der Waals surface area contributed by atoms with Crippen molar-refractivity contribution in [3.05, 3.63) is 30.1 Å². The fraction of sp³-hybridized carbons (Fsp3) is 0.364. The highest BCUT2D eigenvalue weighted by molar-refractivity contribution is 5.74. The van der Waals surface area contributed by atoms with E-state index in [2.05, 4.69) is 15.3 Å². The second kappa shape index (κ2) is 3.32. The van der Waals surface area contributed by atoms with Crippen LogP contribution in [0.4, 0.5) is 0 Å². The minimum atomic E-state index is -0.247. The van der Waals surface area contributed by atoms with Crippen molar-refractivity contribution in [2.75, 3.05) is 6.54 Å². The number of aliphatic hydroxyl groups is 1. The summed E-state index contributed by atoms with van der Waals surface area (Å²) in [6, 6.07) is 8.12. The SMILES string of the molecule is O[C@@H]1CN[C@@H](c2nc3ccccc3[nH]2)C1. The van der Waals surface area contributed by atoms with Crippen molar-refractivity contribution < 1.29 is 5.11 Å². The number of aromatic nitrogens is 2. The second-order valence-corrected chi connectivity index (χ2v) is 3.99. The van der Waals surface area contributed by atoms with E-state index in [0.717, 1.165) is 23.3 Å². The lowest BCUT2D eigenvalue weighted by Gasteiger charge is -2.04. The molecule has 15 heavy (non-hydrogen) atoms. The molecule has 2 heterocycles. The summed E-state index contributed by atoms with van der Waals surface area (Å²) in [6.45, 7) is 0.654. The molecule has 0 saturated carbocycles. The smallest absolute Gasteiger partial charge is 0.124 e. The van der Waals surface area contributed by atoms with E-state index in [0.29, 0.717) is 6.54 Å². The average molecular weight is 203 g/mol. The Hall–Kier alpha value is -1.39. The fourth-order valence-electron chi connectivity index (χ4n) is 2.06. The van der Waals surface area contributed by atoms with E-state index >= 15 is 0 Å². The van der Waals surface area contributed by atoms with Gasteiger partial charge in [0.1, 0.15) is 5.82 Å². The summed E-state index contributed by atoms with van der Waals surface area (Å²) in [5.41, 5.74) is 2.03. The van der Waals surface area contributed by atoms with Crippen LogP contribution in [-0.2, 0) is 0 Å². The predicted octanol–water partition coefficient (Wildman–Crippen LogP) is 0.958. The quantitative estimate of drug-likeness (QED) is 0.647. The first kappa shape index (κ1) is 8.88. The molecule has 2 aromatic rings. The molecule has 1 aromatic heterocycles. The number of para-hydroxylation sites is 2.